The number of carbonyl (C=O) groups excluding carboxylic acids is 1. The normalized spacial score (nSPS) is 11.9. The Morgan fingerprint density at radius 2 is 2.22 bits per heavy atom. The number of anilines is 1. The summed E-state index contributed by atoms with van der Waals surface area (Å²) >= 11 is 0. The van der Waals surface area contributed by atoms with E-state index in [1.807, 2.05) is 6.92 Å². The van der Waals surface area contributed by atoms with E-state index >= 15 is 0 Å². The molecule has 0 aliphatic heterocycles. The maximum Gasteiger partial charge on any atom is 0.274 e. The number of benzene rings is 1. The molecule has 0 radical (unpaired) electrons. The zero-order chi connectivity index (χ0) is 13.7. The Bertz CT molecular complexity index is 460. The lowest BCUT2D eigenvalue weighted by Gasteiger charge is -2.11. The molecule has 0 aliphatic carbocycles. The summed E-state index contributed by atoms with van der Waals surface area (Å²) in [7, 11) is 0. The summed E-state index contributed by atoms with van der Waals surface area (Å²) in [5, 5.41) is 13.3. The van der Waals surface area contributed by atoms with Crippen molar-refractivity contribution in [2.75, 3.05) is 5.32 Å². The highest BCUT2D eigenvalue weighted by atomic mass is 16.6. The molecule has 0 saturated carbocycles. The molecule has 0 unspecified atom stereocenters. The van der Waals surface area contributed by atoms with Crippen molar-refractivity contribution in [3.8, 4) is 0 Å². The first kappa shape index (κ1) is 14.1. The van der Waals surface area contributed by atoms with Gasteiger partial charge in [-0.25, -0.2) is 0 Å². The molecule has 3 N–H and O–H groups in total. The first-order valence-corrected chi connectivity index (χ1v) is 5.77. The van der Waals surface area contributed by atoms with Gasteiger partial charge in [-0.15, -0.1) is 0 Å². The predicted molar refractivity (Wildman–Crippen MR) is 69.3 cm³/mol. The van der Waals surface area contributed by atoms with Crippen molar-refractivity contribution in [1.29, 1.82) is 0 Å². The number of amides is 1. The topological polar surface area (TPSA) is 98.3 Å². The highest BCUT2D eigenvalue weighted by Crippen LogP contribution is 2.22. The first-order valence-electron chi connectivity index (χ1n) is 5.77. The average molecular weight is 251 g/mol. The van der Waals surface area contributed by atoms with Crippen LogP contribution in [0.2, 0.25) is 0 Å². The Kier molecular flexibility index (Phi) is 4.79. The van der Waals surface area contributed by atoms with Gasteiger partial charge in [-0.3, -0.25) is 14.9 Å². The van der Waals surface area contributed by atoms with Crippen molar-refractivity contribution in [2.24, 2.45) is 5.73 Å². The summed E-state index contributed by atoms with van der Waals surface area (Å²) in [4.78, 5) is 22.0. The van der Waals surface area contributed by atoms with Crippen LogP contribution in [0.4, 0.5) is 11.4 Å². The lowest BCUT2D eigenvalue weighted by molar-refractivity contribution is -0.385. The van der Waals surface area contributed by atoms with Crippen LogP contribution in [-0.2, 0) is 4.79 Å². The van der Waals surface area contributed by atoms with Crippen molar-refractivity contribution < 1.29 is 9.72 Å². The highest BCUT2D eigenvalue weighted by molar-refractivity contribution is 5.94. The molecule has 0 spiro atoms. The fraction of sp³-hybridized carbons (Fsp3) is 0.417. The van der Waals surface area contributed by atoms with Crippen LogP contribution >= 0.6 is 0 Å². The largest absolute Gasteiger partial charge is 0.324 e. The maximum absolute atomic E-state index is 11.7. The number of nitro groups is 1. The third-order valence-corrected chi connectivity index (χ3v) is 2.61. The van der Waals surface area contributed by atoms with Gasteiger partial charge in [-0.2, -0.15) is 0 Å². The van der Waals surface area contributed by atoms with Crippen molar-refractivity contribution in [2.45, 2.75) is 32.7 Å². The van der Waals surface area contributed by atoms with Gasteiger partial charge in [0.2, 0.25) is 5.91 Å². The van der Waals surface area contributed by atoms with Crippen molar-refractivity contribution in [3.05, 3.63) is 33.9 Å². The number of nitro benzene ring substituents is 1. The van der Waals surface area contributed by atoms with Gasteiger partial charge < -0.3 is 11.1 Å². The SMILES string of the molecule is CCC[C@@H](N)C(=O)Nc1ccc(C)c([N+](=O)[O-])c1. The fourth-order valence-corrected chi connectivity index (χ4v) is 1.56. The van der Waals surface area contributed by atoms with Gasteiger partial charge in [0.25, 0.3) is 5.69 Å². The molecule has 1 aromatic rings. The Balaban J connectivity index is 2.82. The molecule has 0 aromatic heterocycles. The third kappa shape index (κ3) is 3.53. The van der Waals surface area contributed by atoms with Gasteiger partial charge in [0.15, 0.2) is 0 Å². The van der Waals surface area contributed by atoms with Crippen molar-refractivity contribution in [3.63, 3.8) is 0 Å². The molecule has 1 amide bonds. The molecule has 0 heterocycles. The number of aryl methyl sites for hydroxylation is 1. The molecule has 1 aromatic carbocycles. The summed E-state index contributed by atoms with van der Waals surface area (Å²) in [5.41, 5.74) is 6.58. The zero-order valence-electron chi connectivity index (χ0n) is 10.5. The lowest BCUT2D eigenvalue weighted by atomic mass is 10.1. The summed E-state index contributed by atoms with van der Waals surface area (Å²) < 4.78 is 0. The molecule has 0 saturated heterocycles. The molecule has 1 atom stereocenters. The van der Waals surface area contributed by atoms with Gasteiger partial charge in [0.05, 0.1) is 11.0 Å². The van der Waals surface area contributed by atoms with Crippen LogP contribution in [0.5, 0.6) is 0 Å². The van der Waals surface area contributed by atoms with E-state index in [2.05, 4.69) is 5.32 Å². The number of hydrogen-bond acceptors (Lipinski definition) is 4. The van der Waals surface area contributed by atoms with E-state index in [-0.39, 0.29) is 11.6 Å². The summed E-state index contributed by atoms with van der Waals surface area (Å²) in [6.07, 6.45) is 1.39. The molecule has 0 fully saturated rings. The van der Waals surface area contributed by atoms with E-state index in [1.54, 1.807) is 19.1 Å². The fourth-order valence-electron chi connectivity index (χ4n) is 1.56. The number of nitrogens with two attached hydrogens (primary N) is 1. The second-order valence-electron chi connectivity index (χ2n) is 4.14. The van der Waals surface area contributed by atoms with Crippen LogP contribution in [0.1, 0.15) is 25.3 Å². The van der Waals surface area contributed by atoms with Crippen LogP contribution in [0.15, 0.2) is 18.2 Å². The minimum absolute atomic E-state index is 0.0168. The minimum atomic E-state index is -0.588. The molecule has 0 aliphatic rings. The number of nitrogens with zero attached hydrogens (tertiary/aromatic N) is 1. The van der Waals surface area contributed by atoms with E-state index in [0.717, 1.165) is 6.42 Å². The standard InChI is InChI=1S/C12H17N3O3/c1-3-4-10(13)12(16)14-9-6-5-8(2)11(7-9)15(17)18/h5-7,10H,3-4,13H2,1-2H3,(H,14,16)/t10-/m1/s1. The van der Waals surface area contributed by atoms with Crippen molar-refractivity contribution in [1.82, 2.24) is 0 Å². The lowest BCUT2D eigenvalue weighted by Crippen LogP contribution is -2.35. The van der Waals surface area contributed by atoms with Gasteiger partial charge >= 0.3 is 0 Å². The molecule has 6 nitrogen and oxygen atoms in total. The molecule has 98 valence electrons. The quantitative estimate of drug-likeness (QED) is 0.617. The molecule has 18 heavy (non-hydrogen) atoms. The summed E-state index contributed by atoms with van der Waals surface area (Å²) in [6, 6.07) is 3.97. The van der Waals surface area contributed by atoms with Crippen LogP contribution < -0.4 is 11.1 Å². The second-order valence-corrected chi connectivity index (χ2v) is 4.14. The summed E-state index contributed by atoms with van der Waals surface area (Å²) in [5.74, 6) is -0.324. The maximum atomic E-state index is 11.7. The van der Waals surface area contributed by atoms with Gasteiger partial charge in [0.1, 0.15) is 0 Å². The minimum Gasteiger partial charge on any atom is -0.324 e. The molecule has 0 bridgehead atoms. The van der Waals surface area contributed by atoms with E-state index in [0.29, 0.717) is 17.7 Å². The van der Waals surface area contributed by atoms with E-state index in [4.69, 9.17) is 5.73 Å². The Morgan fingerprint density at radius 3 is 2.78 bits per heavy atom. The summed E-state index contributed by atoms with van der Waals surface area (Å²) in [6.45, 7) is 3.58. The predicted octanol–water partition coefficient (Wildman–Crippen LogP) is 1.97. The molecular weight excluding hydrogens is 234 g/mol. The van der Waals surface area contributed by atoms with Crippen molar-refractivity contribution >= 4 is 17.3 Å². The van der Waals surface area contributed by atoms with E-state index in [9.17, 15) is 14.9 Å². The van der Waals surface area contributed by atoms with Gasteiger partial charge in [-0.05, 0) is 19.4 Å². The monoisotopic (exact) mass is 251 g/mol. The van der Waals surface area contributed by atoms with Gasteiger partial charge in [-0.1, -0.05) is 19.4 Å². The Hall–Kier alpha value is -1.95. The third-order valence-electron chi connectivity index (χ3n) is 2.61. The number of nitrogens with one attached hydrogen (secondary N) is 1. The number of carbonyl (C=O) groups is 1. The van der Waals surface area contributed by atoms with E-state index < -0.39 is 11.0 Å². The molecule has 1 rings (SSSR count). The van der Waals surface area contributed by atoms with E-state index in [1.165, 1.54) is 6.07 Å². The Morgan fingerprint density at radius 1 is 1.56 bits per heavy atom. The Labute approximate surface area is 105 Å². The van der Waals surface area contributed by atoms with Crippen LogP contribution in [0, 0.1) is 17.0 Å². The molecular formula is C12H17N3O3. The van der Waals surface area contributed by atoms with Crippen LogP contribution in [-0.4, -0.2) is 16.9 Å². The molecule has 6 heteroatoms. The highest BCUT2D eigenvalue weighted by Gasteiger charge is 2.15. The smallest absolute Gasteiger partial charge is 0.274 e. The number of hydrogen-bond donors (Lipinski definition) is 2. The van der Waals surface area contributed by atoms with Crippen LogP contribution in [0.25, 0.3) is 0 Å². The first-order chi connectivity index (χ1) is 8.45. The average Bonchev–Trinajstić information content (AvgIpc) is 2.31. The van der Waals surface area contributed by atoms with Gasteiger partial charge in [0, 0.05) is 17.3 Å². The second kappa shape index (κ2) is 6.11. The number of rotatable bonds is 5. The zero-order valence-corrected chi connectivity index (χ0v) is 10.5. The van der Waals surface area contributed by atoms with Crippen LogP contribution in [0.3, 0.4) is 0 Å².